The van der Waals surface area contributed by atoms with Crippen LogP contribution in [-0.4, -0.2) is 11.5 Å². The van der Waals surface area contributed by atoms with Crippen LogP contribution in [0.1, 0.15) is 24.2 Å². The van der Waals surface area contributed by atoms with Gasteiger partial charge in [-0.05, 0) is 36.9 Å². The van der Waals surface area contributed by atoms with Gasteiger partial charge in [0.1, 0.15) is 5.82 Å². The van der Waals surface area contributed by atoms with E-state index in [1.165, 1.54) is 6.07 Å². The maximum absolute atomic E-state index is 14.0. The van der Waals surface area contributed by atoms with Crippen LogP contribution in [0.4, 0.5) is 4.39 Å². The SMILES string of the molecule is CCNC(Cc1ccccn1)c1cc(Br)ccc1F. The molecule has 0 aliphatic carbocycles. The predicted molar refractivity (Wildman–Crippen MR) is 78.5 cm³/mol. The molecule has 1 heterocycles. The van der Waals surface area contributed by atoms with E-state index in [-0.39, 0.29) is 11.9 Å². The summed E-state index contributed by atoms with van der Waals surface area (Å²) in [4.78, 5) is 4.30. The summed E-state index contributed by atoms with van der Waals surface area (Å²) in [7, 11) is 0. The molecule has 0 saturated carbocycles. The minimum absolute atomic E-state index is 0.0719. The summed E-state index contributed by atoms with van der Waals surface area (Å²) in [6.45, 7) is 2.80. The fourth-order valence-corrected chi connectivity index (χ4v) is 2.43. The van der Waals surface area contributed by atoms with Crippen LogP contribution in [0.25, 0.3) is 0 Å². The molecule has 100 valence electrons. The maximum atomic E-state index is 14.0. The largest absolute Gasteiger partial charge is 0.310 e. The summed E-state index contributed by atoms with van der Waals surface area (Å²) in [5, 5.41) is 3.31. The standard InChI is InChI=1S/C15H16BrFN2/c1-2-18-15(10-12-5-3-4-8-19-12)13-9-11(16)6-7-14(13)17/h3-9,15,18H,2,10H2,1H3. The minimum Gasteiger partial charge on any atom is -0.310 e. The Kier molecular flexibility index (Phi) is 5.05. The number of halogens is 2. The Morgan fingerprint density at radius 3 is 2.84 bits per heavy atom. The molecule has 4 heteroatoms. The van der Waals surface area contributed by atoms with E-state index in [0.717, 1.165) is 16.7 Å². The first kappa shape index (κ1) is 14.2. The number of pyridine rings is 1. The van der Waals surface area contributed by atoms with E-state index < -0.39 is 0 Å². The van der Waals surface area contributed by atoms with Gasteiger partial charge in [-0.3, -0.25) is 4.98 Å². The van der Waals surface area contributed by atoms with Crippen molar-refractivity contribution in [3.05, 3.63) is 64.1 Å². The molecule has 1 N–H and O–H groups in total. The van der Waals surface area contributed by atoms with Crippen molar-refractivity contribution in [1.29, 1.82) is 0 Å². The molecule has 0 aliphatic rings. The van der Waals surface area contributed by atoms with Gasteiger partial charge in [0.2, 0.25) is 0 Å². The highest BCUT2D eigenvalue weighted by Crippen LogP contribution is 2.24. The number of likely N-dealkylation sites (N-methyl/N-ethyl adjacent to an activating group) is 1. The average Bonchev–Trinajstić information content (AvgIpc) is 2.42. The minimum atomic E-state index is -0.190. The van der Waals surface area contributed by atoms with Crippen LogP contribution in [-0.2, 0) is 6.42 Å². The van der Waals surface area contributed by atoms with Gasteiger partial charge in [-0.25, -0.2) is 4.39 Å². The molecule has 0 amide bonds. The van der Waals surface area contributed by atoms with Crippen molar-refractivity contribution < 1.29 is 4.39 Å². The zero-order valence-corrected chi connectivity index (χ0v) is 12.3. The van der Waals surface area contributed by atoms with Crippen molar-refractivity contribution in [2.24, 2.45) is 0 Å². The number of aromatic nitrogens is 1. The lowest BCUT2D eigenvalue weighted by Crippen LogP contribution is -2.24. The molecule has 0 spiro atoms. The van der Waals surface area contributed by atoms with E-state index in [4.69, 9.17) is 0 Å². The average molecular weight is 323 g/mol. The Balaban J connectivity index is 2.27. The number of hydrogen-bond acceptors (Lipinski definition) is 2. The van der Waals surface area contributed by atoms with E-state index in [2.05, 4.69) is 26.2 Å². The highest BCUT2D eigenvalue weighted by molar-refractivity contribution is 9.10. The van der Waals surface area contributed by atoms with Gasteiger partial charge >= 0.3 is 0 Å². The van der Waals surface area contributed by atoms with Crippen LogP contribution >= 0.6 is 15.9 Å². The number of benzene rings is 1. The summed E-state index contributed by atoms with van der Waals surface area (Å²) >= 11 is 3.39. The van der Waals surface area contributed by atoms with Crippen molar-refractivity contribution in [2.75, 3.05) is 6.54 Å². The lowest BCUT2D eigenvalue weighted by molar-refractivity contribution is 0.506. The lowest BCUT2D eigenvalue weighted by Gasteiger charge is -2.19. The van der Waals surface area contributed by atoms with Gasteiger partial charge in [0, 0.05) is 34.4 Å². The molecule has 19 heavy (non-hydrogen) atoms. The molecule has 1 unspecified atom stereocenters. The van der Waals surface area contributed by atoms with E-state index >= 15 is 0 Å². The van der Waals surface area contributed by atoms with Crippen LogP contribution in [0, 0.1) is 5.82 Å². The maximum Gasteiger partial charge on any atom is 0.128 e. The fraction of sp³-hybridized carbons (Fsp3) is 0.267. The van der Waals surface area contributed by atoms with Crippen molar-refractivity contribution in [3.8, 4) is 0 Å². The number of nitrogens with one attached hydrogen (secondary N) is 1. The van der Waals surface area contributed by atoms with Gasteiger partial charge in [-0.1, -0.05) is 28.9 Å². The summed E-state index contributed by atoms with van der Waals surface area (Å²) < 4.78 is 14.8. The second-order valence-corrected chi connectivity index (χ2v) is 5.22. The lowest BCUT2D eigenvalue weighted by atomic mass is 10.0. The monoisotopic (exact) mass is 322 g/mol. The molecular formula is C15H16BrFN2. The van der Waals surface area contributed by atoms with Crippen LogP contribution < -0.4 is 5.32 Å². The quantitative estimate of drug-likeness (QED) is 0.903. The molecule has 2 aromatic rings. The van der Waals surface area contributed by atoms with E-state index in [0.29, 0.717) is 12.0 Å². The third-order valence-electron chi connectivity index (χ3n) is 2.92. The van der Waals surface area contributed by atoms with Crippen molar-refractivity contribution in [3.63, 3.8) is 0 Å². The normalized spacial score (nSPS) is 12.4. The summed E-state index contributed by atoms with van der Waals surface area (Å²) in [5.74, 6) is -0.190. The Morgan fingerprint density at radius 1 is 1.32 bits per heavy atom. The third-order valence-corrected chi connectivity index (χ3v) is 3.42. The van der Waals surface area contributed by atoms with Crippen molar-refractivity contribution in [2.45, 2.75) is 19.4 Å². The molecule has 0 bridgehead atoms. The topological polar surface area (TPSA) is 24.9 Å². The molecule has 0 radical (unpaired) electrons. The van der Waals surface area contributed by atoms with Gasteiger partial charge in [0.05, 0.1) is 0 Å². The number of hydrogen-bond donors (Lipinski definition) is 1. The van der Waals surface area contributed by atoms with E-state index in [1.54, 1.807) is 12.3 Å². The first-order valence-electron chi connectivity index (χ1n) is 6.29. The zero-order valence-electron chi connectivity index (χ0n) is 10.7. The summed E-state index contributed by atoms with van der Waals surface area (Å²) in [6.07, 6.45) is 2.43. The second-order valence-electron chi connectivity index (χ2n) is 4.30. The third kappa shape index (κ3) is 3.85. The van der Waals surface area contributed by atoms with Crippen LogP contribution in [0.15, 0.2) is 47.1 Å². The Hall–Kier alpha value is -1.26. The molecule has 0 aliphatic heterocycles. The van der Waals surface area contributed by atoms with Gasteiger partial charge in [-0.15, -0.1) is 0 Å². The smallest absolute Gasteiger partial charge is 0.128 e. The molecule has 1 aromatic carbocycles. The van der Waals surface area contributed by atoms with Crippen LogP contribution in [0.5, 0.6) is 0 Å². The van der Waals surface area contributed by atoms with E-state index in [1.807, 2.05) is 31.2 Å². The molecule has 1 atom stereocenters. The fourth-order valence-electron chi connectivity index (χ4n) is 2.05. The first-order valence-corrected chi connectivity index (χ1v) is 7.08. The van der Waals surface area contributed by atoms with Gasteiger partial charge in [0.15, 0.2) is 0 Å². The van der Waals surface area contributed by atoms with Crippen LogP contribution in [0.2, 0.25) is 0 Å². The molecular weight excluding hydrogens is 307 g/mol. The summed E-state index contributed by atoms with van der Waals surface area (Å²) in [5.41, 5.74) is 1.62. The Labute approximate surface area is 121 Å². The number of rotatable bonds is 5. The van der Waals surface area contributed by atoms with Crippen LogP contribution in [0.3, 0.4) is 0 Å². The van der Waals surface area contributed by atoms with Crippen molar-refractivity contribution >= 4 is 15.9 Å². The Bertz CT molecular complexity index is 531. The molecule has 0 saturated heterocycles. The summed E-state index contributed by atoms with van der Waals surface area (Å²) in [6, 6.07) is 10.7. The second kappa shape index (κ2) is 6.78. The van der Waals surface area contributed by atoms with E-state index in [9.17, 15) is 4.39 Å². The highest BCUT2D eigenvalue weighted by atomic mass is 79.9. The molecule has 2 nitrogen and oxygen atoms in total. The van der Waals surface area contributed by atoms with Gasteiger partial charge in [0.25, 0.3) is 0 Å². The van der Waals surface area contributed by atoms with Crippen molar-refractivity contribution in [1.82, 2.24) is 10.3 Å². The molecule has 0 fully saturated rings. The molecule has 2 rings (SSSR count). The highest BCUT2D eigenvalue weighted by Gasteiger charge is 2.16. The van der Waals surface area contributed by atoms with Gasteiger partial charge < -0.3 is 5.32 Å². The predicted octanol–water partition coefficient (Wildman–Crippen LogP) is 3.88. The Morgan fingerprint density at radius 2 is 2.16 bits per heavy atom. The zero-order chi connectivity index (χ0) is 13.7. The number of nitrogens with zero attached hydrogens (tertiary/aromatic N) is 1. The first-order chi connectivity index (χ1) is 9.20. The van der Waals surface area contributed by atoms with Gasteiger partial charge in [-0.2, -0.15) is 0 Å². The molecule has 1 aromatic heterocycles.